The zero-order chi connectivity index (χ0) is 15.4. The van der Waals surface area contributed by atoms with Crippen LogP contribution in [0, 0.1) is 5.82 Å². The standard InChI is InChI=1S/C16H15ClFNO2/c1-3-11-9-13(18)7-8-15(11)19(17)14-6-4-5-12(10-14)16(20)21-2/h4-10H,3H2,1-2H3. The van der Waals surface area contributed by atoms with Crippen LogP contribution in [-0.2, 0) is 11.2 Å². The number of methoxy groups -OCH3 is 1. The van der Waals surface area contributed by atoms with Crippen molar-refractivity contribution in [3.63, 3.8) is 0 Å². The van der Waals surface area contributed by atoms with E-state index in [9.17, 15) is 9.18 Å². The van der Waals surface area contributed by atoms with Gasteiger partial charge in [0, 0.05) is 11.8 Å². The van der Waals surface area contributed by atoms with Gasteiger partial charge in [-0.25, -0.2) is 9.18 Å². The van der Waals surface area contributed by atoms with Gasteiger partial charge in [0.1, 0.15) is 5.82 Å². The molecule has 2 aromatic rings. The fraction of sp³-hybridized carbons (Fsp3) is 0.188. The molecule has 2 aromatic carbocycles. The van der Waals surface area contributed by atoms with Crippen LogP contribution in [0.2, 0.25) is 0 Å². The van der Waals surface area contributed by atoms with Gasteiger partial charge in [0.05, 0.1) is 24.0 Å². The normalized spacial score (nSPS) is 10.3. The van der Waals surface area contributed by atoms with Gasteiger partial charge >= 0.3 is 5.97 Å². The molecule has 110 valence electrons. The molecule has 0 saturated heterocycles. The van der Waals surface area contributed by atoms with Gasteiger partial charge < -0.3 is 4.74 Å². The molecule has 0 N–H and O–H groups in total. The van der Waals surface area contributed by atoms with Crippen LogP contribution in [0.5, 0.6) is 0 Å². The third-order valence-electron chi connectivity index (χ3n) is 3.13. The van der Waals surface area contributed by atoms with E-state index in [0.29, 0.717) is 23.4 Å². The van der Waals surface area contributed by atoms with Crippen LogP contribution in [0.3, 0.4) is 0 Å². The fourth-order valence-corrected chi connectivity index (χ4v) is 2.31. The molecule has 0 unspecified atom stereocenters. The van der Waals surface area contributed by atoms with Crippen molar-refractivity contribution in [2.45, 2.75) is 13.3 Å². The predicted molar refractivity (Wildman–Crippen MR) is 81.6 cm³/mol. The molecule has 5 heteroatoms. The number of hydrogen-bond donors (Lipinski definition) is 0. The summed E-state index contributed by atoms with van der Waals surface area (Å²) >= 11 is 6.35. The van der Waals surface area contributed by atoms with Crippen LogP contribution in [0.25, 0.3) is 0 Å². The van der Waals surface area contributed by atoms with Crippen LogP contribution in [0.1, 0.15) is 22.8 Å². The van der Waals surface area contributed by atoms with E-state index in [1.165, 1.54) is 23.7 Å². The van der Waals surface area contributed by atoms with Crippen LogP contribution >= 0.6 is 11.8 Å². The Hall–Kier alpha value is -2.07. The maximum Gasteiger partial charge on any atom is 0.337 e. The Bertz CT molecular complexity index is 660. The topological polar surface area (TPSA) is 29.5 Å². The first-order valence-corrected chi connectivity index (χ1v) is 6.83. The minimum Gasteiger partial charge on any atom is -0.465 e. The Morgan fingerprint density at radius 1 is 1.29 bits per heavy atom. The molecule has 0 radical (unpaired) electrons. The molecular formula is C16H15ClFNO2. The lowest BCUT2D eigenvalue weighted by Crippen LogP contribution is -2.07. The summed E-state index contributed by atoms with van der Waals surface area (Å²) in [5, 5.41) is 0. The summed E-state index contributed by atoms with van der Waals surface area (Å²) in [6, 6.07) is 11.2. The maximum absolute atomic E-state index is 13.3. The zero-order valence-electron chi connectivity index (χ0n) is 11.8. The fourth-order valence-electron chi connectivity index (χ4n) is 2.04. The molecule has 0 atom stereocenters. The first kappa shape index (κ1) is 15.3. The minimum absolute atomic E-state index is 0.302. The van der Waals surface area contributed by atoms with Crippen LogP contribution in [0.15, 0.2) is 42.5 Å². The van der Waals surface area contributed by atoms with Crippen LogP contribution in [-0.4, -0.2) is 13.1 Å². The lowest BCUT2D eigenvalue weighted by atomic mass is 10.1. The molecule has 0 saturated carbocycles. The van der Waals surface area contributed by atoms with Crippen molar-refractivity contribution >= 4 is 29.1 Å². The Balaban J connectivity index is 2.40. The molecule has 0 amide bonds. The Morgan fingerprint density at radius 3 is 2.71 bits per heavy atom. The molecule has 3 nitrogen and oxygen atoms in total. The number of hydrogen-bond acceptors (Lipinski definition) is 3. The molecule has 21 heavy (non-hydrogen) atoms. The van der Waals surface area contributed by atoms with Gasteiger partial charge in [0.2, 0.25) is 0 Å². The van der Waals surface area contributed by atoms with Crippen molar-refractivity contribution in [2.75, 3.05) is 11.5 Å². The van der Waals surface area contributed by atoms with E-state index in [1.54, 1.807) is 30.3 Å². The van der Waals surface area contributed by atoms with Crippen molar-refractivity contribution in [1.82, 2.24) is 0 Å². The van der Waals surface area contributed by atoms with Crippen LogP contribution in [0.4, 0.5) is 15.8 Å². The van der Waals surface area contributed by atoms with Gasteiger partial charge in [0.25, 0.3) is 0 Å². The van der Waals surface area contributed by atoms with Gasteiger partial charge in [-0.15, -0.1) is 0 Å². The van der Waals surface area contributed by atoms with Crippen molar-refractivity contribution in [3.8, 4) is 0 Å². The number of anilines is 2. The van der Waals surface area contributed by atoms with Crippen molar-refractivity contribution in [3.05, 3.63) is 59.4 Å². The van der Waals surface area contributed by atoms with Crippen LogP contribution < -0.4 is 4.42 Å². The molecule has 0 spiro atoms. The SMILES string of the molecule is CCc1cc(F)ccc1N(Cl)c1cccc(C(=O)OC)c1. The first-order valence-electron chi connectivity index (χ1n) is 6.49. The number of carbonyl (C=O) groups excluding carboxylic acids is 1. The lowest BCUT2D eigenvalue weighted by Gasteiger charge is -2.19. The molecule has 0 fully saturated rings. The number of carbonyl (C=O) groups is 1. The number of rotatable bonds is 4. The summed E-state index contributed by atoms with van der Waals surface area (Å²) in [5.74, 6) is -0.735. The second kappa shape index (κ2) is 6.59. The molecule has 0 aliphatic heterocycles. The second-order valence-corrected chi connectivity index (χ2v) is 4.79. The van der Waals surface area contributed by atoms with E-state index < -0.39 is 5.97 Å². The summed E-state index contributed by atoms with van der Waals surface area (Å²) in [6.45, 7) is 1.92. The number of nitrogens with zero attached hydrogens (tertiary/aromatic N) is 1. The molecular weight excluding hydrogens is 293 g/mol. The summed E-state index contributed by atoms with van der Waals surface area (Å²) in [4.78, 5) is 11.6. The van der Waals surface area contributed by atoms with Gasteiger partial charge in [0.15, 0.2) is 0 Å². The van der Waals surface area contributed by atoms with E-state index >= 15 is 0 Å². The van der Waals surface area contributed by atoms with Crippen molar-refractivity contribution in [1.29, 1.82) is 0 Å². The first-order chi connectivity index (χ1) is 10.1. The Morgan fingerprint density at radius 2 is 2.05 bits per heavy atom. The number of esters is 1. The lowest BCUT2D eigenvalue weighted by molar-refractivity contribution is 0.0601. The van der Waals surface area contributed by atoms with E-state index in [2.05, 4.69) is 4.74 Å². The second-order valence-electron chi connectivity index (χ2n) is 4.45. The monoisotopic (exact) mass is 307 g/mol. The van der Waals surface area contributed by atoms with E-state index in [-0.39, 0.29) is 5.82 Å². The molecule has 0 bridgehead atoms. The van der Waals surface area contributed by atoms with E-state index in [1.807, 2.05) is 6.92 Å². The number of aryl methyl sites for hydroxylation is 1. The molecule has 0 aromatic heterocycles. The highest BCUT2D eigenvalue weighted by molar-refractivity contribution is 6.29. The highest BCUT2D eigenvalue weighted by atomic mass is 35.5. The highest BCUT2D eigenvalue weighted by Gasteiger charge is 2.14. The smallest absolute Gasteiger partial charge is 0.337 e. The van der Waals surface area contributed by atoms with E-state index in [0.717, 1.165) is 5.56 Å². The molecule has 0 aliphatic rings. The minimum atomic E-state index is -0.434. The third kappa shape index (κ3) is 3.34. The molecule has 2 rings (SSSR count). The largest absolute Gasteiger partial charge is 0.465 e. The third-order valence-corrected chi connectivity index (χ3v) is 3.51. The predicted octanol–water partition coefficient (Wildman–Crippen LogP) is 4.47. The quantitative estimate of drug-likeness (QED) is 0.616. The number of benzene rings is 2. The summed E-state index contributed by atoms with van der Waals surface area (Å²) in [7, 11) is 1.32. The highest BCUT2D eigenvalue weighted by Crippen LogP contribution is 2.32. The van der Waals surface area contributed by atoms with Crippen molar-refractivity contribution in [2.24, 2.45) is 0 Å². The maximum atomic E-state index is 13.3. The molecule has 0 aliphatic carbocycles. The average Bonchev–Trinajstić information content (AvgIpc) is 2.53. The average molecular weight is 308 g/mol. The summed E-state index contributed by atoms with van der Waals surface area (Å²) in [6.07, 6.45) is 0.646. The van der Waals surface area contributed by atoms with Gasteiger partial charge in [-0.3, -0.25) is 4.42 Å². The van der Waals surface area contributed by atoms with Gasteiger partial charge in [-0.05, 0) is 48.4 Å². The number of halogens is 2. The summed E-state index contributed by atoms with van der Waals surface area (Å²) < 4.78 is 19.4. The van der Waals surface area contributed by atoms with Gasteiger partial charge in [-0.1, -0.05) is 13.0 Å². The number of ether oxygens (including phenoxy) is 1. The molecule has 0 heterocycles. The summed E-state index contributed by atoms with van der Waals surface area (Å²) in [5.41, 5.74) is 2.48. The van der Waals surface area contributed by atoms with Gasteiger partial charge in [-0.2, -0.15) is 0 Å². The zero-order valence-corrected chi connectivity index (χ0v) is 12.5. The Kier molecular flexibility index (Phi) is 4.81. The van der Waals surface area contributed by atoms with E-state index in [4.69, 9.17) is 11.8 Å². The van der Waals surface area contributed by atoms with Crippen molar-refractivity contribution < 1.29 is 13.9 Å². The Labute approximate surface area is 128 Å².